The van der Waals surface area contributed by atoms with Crippen LogP contribution in [-0.4, -0.2) is 46.4 Å². The summed E-state index contributed by atoms with van der Waals surface area (Å²) in [7, 11) is 0. The van der Waals surface area contributed by atoms with Gasteiger partial charge in [-0.05, 0) is 85.8 Å². The molecule has 1 unspecified atom stereocenters. The number of terminal acetylenes is 1. The highest BCUT2D eigenvalue weighted by Gasteiger charge is 2.68. The third-order valence-electron chi connectivity index (χ3n) is 11.2. The molecule has 1 heterocycles. The first kappa shape index (κ1) is 38.3. The second-order valence-electron chi connectivity index (χ2n) is 14.0. The zero-order chi connectivity index (χ0) is 36.6. The number of amides is 2. The Balaban J connectivity index is 1.68. The van der Waals surface area contributed by atoms with Gasteiger partial charge in [0.2, 0.25) is 12.3 Å². The highest BCUT2D eigenvalue weighted by Crippen LogP contribution is 2.64. The lowest BCUT2D eigenvalue weighted by molar-refractivity contribution is -0.122. The molecule has 1 aliphatic heterocycles. The van der Waals surface area contributed by atoms with Crippen LogP contribution in [0.15, 0.2) is 60.7 Å². The predicted octanol–water partition coefficient (Wildman–Crippen LogP) is 9.83. The van der Waals surface area contributed by atoms with Crippen molar-refractivity contribution in [2.45, 2.75) is 107 Å². The first-order chi connectivity index (χ1) is 24.6. The molecule has 10 heteroatoms. The Labute approximate surface area is 310 Å². The molecular formula is C41H46Cl2FN3O4. The van der Waals surface area contributed by atoms with Gasteiger partial charge in [0.25, 0.3) is 0 Å². The van der Waals surface area contributed by atoms with Crippen molar-refractivity contribution in [2.75, 3.05) is 17.2 Å². The van der Waals surface area contributed by atoms with E-state index in [-0.39, 0.29) is 16.5 Å². The number of halogens is 3. The van der Waals surface area contributed by atoms with Crippen LogP contribution in [0.25, 0.3) is 0 Å². The second-order valence-corrected chi connectivity index (χ2v) is 14.8. The number of carboxylic acids is 1. The molecule has 1 saturated carbocycles. The molecule has 0 aromatic heterocycles. The molecule has 1 spiro atoms. The summed E-state index contributed by atoms with van der Waals surface area (Å²) in [6.45, 7) is 2.70. The van der Waals surface area contributed by atoms with Crippen molar-refractivity contribution in [1.82, 2.24) is 4.90 Å². The molecular weight excluding hydrogens is 688 g/mol. The fourth-order valence-electron chi connectivity index (χ4n) is 8.88. The average molecular weight is 735 g/mol. The van der Waals surface area contributed by atoms with Crippen LogP contribution in [0.3, 0.4) is 0 Å². The van der Waals surface area contributed by atoms with Crippen molar-refractivity contribution in [2.24, 2.45) is 0 Å². The Kier molecular flexibility index (Phi) is 12.8. The van der Waals surface area contributed by atoms with Crippen molar-refractivity contribution < 1.29 is 23.9 Å². The van der Waals surface area contributed by atoms with Gasteiger partial charge < -0.3 is 15.7 Å². The summed E-state index contributed by atoms with van der Waals surface area (Å²) in [5.41, 5.74) is 0.599. The maximum Gasteiger partial charge on any atom is 0.335 e. The van der Waals surface area contributed by atoms with Gasteiger partial charge in [0.15, 0.2) is 0 Å². The number of hydrogen-bond donors (Lipinski definition) is 3. The number of hydrogen-bond acceptors (Lipinski definition) is 4. The Bertz CT molecular complexity index is 1750. The number of unbranched alkanes of at least 4 members (excludes halogenated alkanes) is 6. The summed E-state index contributed by atoms with van der Waals surface area (Å²) in [4.78, 5) is 40.8. The largest absolute Gasteiger partial charge is 0.478 e. The first-order valence-electron chi connectivity index (χ1n) is 17.9. The van der Waals surface area contributed by atoms with E-state index in [1.54, 1.807) is 36.4 Å². The molecule has 2 aliphatic rings. The van der Waals surface area contributed by atoms with Gasteiger partial charge in [-0.15, -0.1) is 12.3 Å². The quantitative estimate of drug-likeness (QED) is 0.0821. The van der Waals surface area contributed by atoms with Crippen molar-refractivity contribution >= 4 is 52.9 Å². The SMILES string of the molecule is C#CCCCCCCCCN1C(C(=O)Nc2ccc(C(=O)O)cc2)[C@H](c2cccc(Cl)c2F)[C@@](C)(c2ccc(Cl)cc2NC=O)C12CCCCC2. The van der Waals surface area contributed by atoms with E-state index in [1.165, 1.54) is 18.2 Å². The number of nitrogens with one attached hydrogen (secondary N) is 2. The maximum absolute atomic E-state index is 16.5. The minimum absolute atomic E-state index is 0.0402. The van der Waals surface area contributed by atoms with Gasteiger partial charge in [0.05, 0.1) is 16.6 Å². The van der Waals surface area contributed by atoms with Crippen LogP contribution in [0.2, 0.25) is 10.0 Å². The van der Waals surface area contributed by atoms with Gasteiger partial charge in [-0.25, -0.2) is 9.18 Å². The Morgan fingerprint density at radius 2 is 1.69 bits per heavy atom. The second kappa shape index (κ2) is 17.1. The zero-order valence-corrected chi connectivity index (χ0v) is 30.5. The monoisotopic (exact) mass is 733 g/mol. The Hall–Kier alpha value is -3.90. The van der Waals surface area contributed by atoms with E-state index in [9.17, 15) is 19.5 Å². The lowest BCUT2D eigenvalue weighted by Gasteiger charge is -2.53. The lowest BCUT2D eigenvalue weighted by atomic mass is 9.55. The smallest absolute Gasteiger partial charge is 0.335 e. The van der Waals surface area contributed by atoms with Gasteiger partial charge >= 0.3 is 5.97 Å². The summed E-state index contributed by atoms with van der Waals surface area (Å²) >= 11 is 13.0. The molecule has 0 bridgehead atoms. The van der Waals surface area contributed by atoms with Crippen molar-refractivity contribution in [3.63, 3.8) is 0 Å². The number of aromatic carboxylic acids is 1. The first-order valence-corrected chi connectivity index (χ1v) is 18.6. The van der Waals surface area contributed by atoms with Crippen LogP contribution in [0, 0.1) is 18.2 Å². The minimum atomic E-state index is -1.07. The van der Waals surface area contributed by atoms with E-state index < -0.39 is 34.7 Å². The number of benzene rings is 3. The van der Waals surface area contributed by atoms with Crippen LogP contribution >= 0.6 is 23.2 Å². The minimum Gasteiger partial charge on any atom is -0.478 e. The number of nitrogens with zero attached hydrogens (tertiary/aromatic N) is 1. The molecule has 3 aromatic rings. The van der Waals surface area contributed by atoms with Crippen molar-refractivity contribution in [3.05, 3.63) is 93.2 Å². The third-order valence-corrected chi connectivity index (χ3v) is 11.7. The van der Waals surface area contributed by atoms with Gasteiger partial charge in [0, 0.05) is 39.7 Å². The van der Waals surface area contributed by atoms with Crippen LogP contribution in [0.4, 0.5) is 15.8 Å². The molecule has 1 aliphatic carbocycles. The highest BCUT2D eigenvalue weighted by atomic mass is 35.5. The molecule has 2 amide bonds. The fourth-order valence-corrected chi connectivity index (χ4v) is 9.23. The Morgan fingerprint density at radius 1 is 1.00 bits per heavy atom. The number of carbonyl (C=O) groups is 3. The van der Waals surface area contributed by atoms with Gasteiger partial charge in [-0.3, -0.25) is 14.5 Å². The summed E-state index contributed by atoms with van der Waals surface area (Å²) < 4.78 is 16.5. The van der Waals surface area contributed by atoms with E-state index in [0.717, 1.165) is 82.6 Å². The maximum atomic E-state index is 16.5. The predicted molar refractivity (Wildman–Crippen MR) is 202 cm³/mol. The van der Waals surface area contributed by atoms with Gasteiger partial charge in [0.1, 0.15) is 5.82 Å². The molecule has 3 atom stereocenters. The van der Waals surface area contributed by atoms with Crippen LogP contribution < -0.4 is 10.6 Å². The molecule has 51 heavy (non-hydrogen) atoms. The normalized spacial score (nSPS) is 21.2. The summed E-state index contributed by atoms with van der Waals surface area (Å²) in [6, 6.07) is 15.5. The summed E-state index contributed by atoms with van der Waals surface area (Å²) in [6.07, 6.45) is 17.2. The van der Waals surface area contributed by atoms with Gasteiger partial charge in [-0.1, -0.05) is 93.3 Å². The number of rotatable bonds is 15. The Morgan fingerprint density at radius 3 is 2.35 bits per heavy atom. The fraction of sp³-hybridized carbons (Fsp3) is 0.439. The van der Waals surface area contributed by atoms with E-state index >= 15 is 4.39 Å². The lowest BCUT2D eigenvalue weighted by Crippen LogP contribution is -2.58. The number of anilines is 2. The average Bonchev–Trinajstić information content (AvgIpc) is 3.31. The summed E-state index contributed by atoms with van der Waals surface area (Å²) in [5.74, 6) is -0.0254. The molecule has 5 rings (SSSR count). The molecule has 0 radical (unpaired) electrons. The van der Waals surface area contributed by atoms with Gasteiger partial charge in [-0.2, -0.15) is 0 Å². The number of carboxylic acid groups (broad SMARTS) is 1. The van der Waals surface area contributed by atoms with E-state index in [1.807, 2.05) is 6.07 Å². The molecule has 1 saturated heterocycles. The van der Waals surface area contributed by atoms with Crippen LogP contribution in [-0.2, 0) is 15.0 Å². The number of carbonyl (C=O) groups excluding carboxylic acids is 2. The molecule has 7 nitrogen and oxygen atoms in total. The molecule has 270 valence electrons. The molecule has 3 N–H and O–H groups in total. The number of likely N-dealkylation sites (tertiary alicyclic amines) is 1. The van der Waals surface area contributed by atoms with Crippen LogP contribution in [0.5, 0.6) is 0 Å². The molecule has 2 fully saturated rings. The van der Waals surface area contributed by atoms with E-state index in [2.05, 4.69) is 28.4 Å². The topological polar surface area (TPSA) is 98.7 Å². The highest BCUT2D eigenvalue weighted by molar-refractivity contribution is 6.31. The molecule has 3 aromatic carbocycles. The third kappa shape index (κ3) is 7.82. The van der Waals surface area contributed by atoms with E-state index in [0.29, 0.717) is 34.9 Å². The van der Waals surface area contributed by atoms with E-state index in [4.69, 9.17) is 29.6 Å². The summed E-state index contributed by atoms with van der Waals surface area (Å²) in [5, 5.41) is 15.8. The van der Waals surface area contributed by atoms with Crippen molar-refractivity contribution in [1.29, 1.82) is 0 Å². The van der Waals surface area contributed by atoms with Crippen LogP contribution in [0.1, 0.15) is 111 Å². The van der Waals surface area contributed by atoms with Crippen molar-refractivity contribution in [3.8, 4) is 12.3 Å². The standard InChI is InChI=1S/C41H46Cl2FN3O4/c1-3-4-5-6-7-8-9-13-25-47-37(38(49)46-30-20-17-28(18-21-30)39(50)51)35(31-15-14-16-33(43)36(31)44)40(2,41(47)23-11-10-12-24-41)32-22-19-29(42)26-34(32)45-27-48/h1,14-22,26-27,35,37H,4-13,23-25H2,2H3,(H,45,48)(H,46,49)(H,50,51)/t35-,37?,40+/m0/s1. The zero-order valence-electron chi connectivity index (χ0n) is 29.0.